The van der Waals surface area contributed by atoms with Crippen LogP contribution < -0.4 is 5.32 Å². The van der Waals surface area contributed by atoms with E-state index in [4.69, 9.17) is 5.11 Å². The van der Waals surface area contributed by atoms with Gasteiger partial charge in [-0.25, -0.2) is 0 Å². The van der Waals surface area contributed by atoms with Gasteiger partial charge in [-0.05, 0) is 56.4 Å². The molecule has 0 radical (unpaired) electrons. The van der Waals surface area contributed by atoms with Crippen LogP contribution in [0.25, 0.3) is 0 Å². The summed E-state index contributed by atoms with van der Waals surface area (Å²) in [6.07, 6.45) is 16.8. The number of aliphatic carboxylic acids is 1. The Morgan fingerprint density at radius 2 is 2.12 bits per heavy atom. The molecule has 0 aromatic carbocycles. The second-order valence-electron chi connectivity index (χ2n) is 7.69. The number of unbranched alkanes of at least 4 members (excludes halogenated alkanes) is 3. The molecule has 0 aromatic rings. The Bertz CT molecular complexity index is 460. The fraction of sp³-hybridized carbons (Fsp3) is 0.762. The molecule has 5 atom stereocenters. The molecule has 1 heterocycles. The molecule has 2 fully saturated rings. The maximum Gasteiger partial charge on any atom is 0.303 e. The number of carboxylic acids is 1. The lowest BCUT2D eigenvalue weighted by atomic mass is 9.83. The van der Waals surface area contributed by atoms with E-state index >= 15 is 0 Å². The van der Waals surface area contributed by atoms with Crippen LogP contribution in [0.4, 0.5) is 0 Å². The van der Waals surface area contributed by atoms with Crippen LogP contribution in [0.3, 0.4) is 0 Å². The molecule has 0 aromatic heterocycles. The van der Waals surface area contributed by atoms with E-state index < -0.39 is 5.97 Å². The topological polar surface area (TPSA) is 69.6 Å². The van der Waals surface area contributed by atoms with Crippen LogP contribution in [0.1, 0.15) is 64.7 Å². The lowest BCUT2D eigenvalue weighted by Gasteiger charge is -2.29. The van der Waals surface area contributed by atoms with E-state index in [0.29, 0.717) is 17.9 Å². The Kier molecular flexibility index (Phi) is 8.70. The molecule has 1 aliphatic carbocycles. The summed E-state index contributed by atoms with van der Waals surface area (Å²) in [5.41, 5.74) is 0. The molecule has 0 amide bonds. The first-order valence-electron chi connectivity index (χ1n) is 10.1. The van der Waals surface area contributed by atoms with Crippen LogP contribution in [0.15, 0.2) is 24.3 Å². The monoisotopic (exact) mass is 349 g/mol. The van der Waals surface area contributed by atoms with Crippen molar-refractivity contribution in [2.45, 2.75) is 76.9 Å². The fourth-order valence-corrected chi connectivity index (χ4v) is 4.35. The summed E-state index contributed by atoms with van der Waals surface area (Å²) in [6, 6.07) is 0.564. The van der Waals surface area contributed by atoms with Gasteiger partial charge in [-0.1, -0.05) is 50.5 Å². The highest BCUT2D eigenvalue weighted by Crippen LogP contribution is 2.44. The molecular formula is C21H35NO3. The van der Waals surface area contributed by atoms with E-state index in [-0.39, 0.29) is 12.5 Å². The molecule has 0 spiro atoms. The summed E-state index contributed by atoms with van der Waals surface area (Å²) in [4.78, 5) is 10.5. The van der Waals surface area contributed by atoms with E-state index in [1.165, 1.54) is 19.3 Å². The molecule has 3 N–H and O–H groups in total. The van der Waals surface area contributed by atoms with Crippen molar-refractivity contribution in [3.8, 4) is 0 Å². The molecule has 2 bridgehead atoms. The molecule has 4 heteroatoms. The minimum Gasteiger partial charge on any atom is -0.481 e. The Hall–Kier alpha value is -1.13. The number of rotatable bonds is 12. The highest BCUT2D eigenvalue weighted by atomic mass is 16.4. The third-order valence-corrected chi connectivity index (χ3v) is 5.76. The summed E-state index contributed by atoms with van der Waals surface area (Å²) in [6.45, 7) is 3.30. The van der Waals surface area contributed by atoms with Crippen molar-refractivity contribution in [1.82, 2.24) is 5.32 Å². The predicted octanol–water partition coefficient (Wildman–Crippen LogP) is 3.91. The summed E-state index contributed by atoms with van der Waals surface area (Å²) in [5.74, 6) is 1.19. The van der Waals surface area contributed by atoms with Crippen LogP contribution in [0.5, 0.6) is 0 Å². The van der Waals surface area contributed by atoms with Gasteiger partial charge in [0.15, 0.2) is 0 Å². The van der Waals surface area contributed by atoms with Gasteiger partial charge in [0.25, 0.3) is 0 Å². The quantitative estimate of drug-likeness (QED) is 0.369. The molecular weight excluding hydrogens is 314 g/mol. The first-order chi connectivity index (χ1) is 12.1. The SMILES string of the molecule is CCCCC[C@H](O)/C=C/[C@@H]1[C@@H](C/C=C\CCCC(=O)O)[C@H]2CN[C@@H]1C2. The molecule has 4 nitrogen and oxygen atoms in total. The first-order valence-corrected chi connectivity index (χ1v) is 10.1. The normalized spacial score (nSPS) is 29.8. The number of hydrogen-bond donors (Lipinski definition) is 3. The van der Waals surface area contributed by atoms with Gasteiger partial charge in [-0.2, -0.15) is 0 Å². The minimum atomic E-state index is -0.713. The Morgan fingerprint density at radius 3 is 2.88 bits per heavy atom. The van der Waals surface area contributed by atoms with E-state index in [9.17, 15) is 9.90 Å². The van der Waals surface area contributed by atoms with Gasteiger partial charge in [0, 0.05) is 12.5 Å². The van der Waals surface area contributed by atoms with Gasteiger partial charge in [-0.3, -0.25) is 4.79 Å². The summed E-state index contributed by atoms with van der Waals surface area (Å²) >= 11 is 0. The summed E-state index contributed by atoms with van der Waals surface area (Å²) in [5, 5.41) is 22.4. The maximum absolute atomic E-state index is 10.5. The van der Waals surface area contributed by atoms with Crippen molar-refractivity contribution in [3.63, 3.8) is 0 Å². The van der Waals surface area contributed by atoms with Crippen molar-refractivity contribution in [2.75, 3.05) is 6.54 Å². The Morgan fingerprint density at radius 1 is 1.28 bits per heavy atom. The van der Waals surface area contributed by atoms with Gasteiger partial charge >= 0.3 is 5.97 Å². The molecule has 2 aliphatic rings. The number of allylic oxidation sites excluding steroid dienone is 2. The molecule has 1 saturated heterocycles. The third kappa shape index (κ3) is 6.59. The smallest absolute Gasteiger partial charge is 0.303 e. The Balaban J connectivity index is 1.78. The molecule has 2 rings (SSSR count). The number of aliphatic hydroxyl groups is 1. The van der Waals surface area contributed by atoms with E-state index in [1.807, 2.05) is 6.08 Å². The van der Waals surface area contributed by atoms with Gasteiger partial charge in [0.1, 0.15) is 0 Å². The maximum atomic E-state index is 10.5. The van der Waals surface area contributed by atoms with E-state index in [1.54, 1.807) is 0 Å². The lowest BCUT2D eigenvalue weighted by molar-refractivity contribution is -0.137. The zero-order valence-electron chi connectivity index (χ0n) is 15.6. The van der Waals surface area contributed by atoms with Crippen molar-refractivity contribution in [2.24, 2.45) is 17.8 Å². The van der Waals surface area contributed by atoms with Gasteiger partial charge in [0.2, 0.25) is 0 Å². The second kappa shape index (κ2) is 10.8. The highest BCUT2D eigenvalue weighted by Gasteiger charge is 2.45. The number of carbonyl (C=O) groups is 1. The van der Waals surface area contributed by atoms with Gasteiger partial charge in [0.05, 0.1) is 6.10 Å². The van der Waals surface area contributed by atoms with Crippen LogP contribution in [-0.4, -0.2) is 34.9 Å². The third-order valence-electron chi connectivity index (χ3n) is 5.76. The van der Waals surface area contributed by atoms with Gasteiger partial charge < -0.3 is 15.5 Å². The predicted molar refractivity (Wildman–Crippen MR) is 101 cm³/mol. The lowest BCUT2D eigenvalue weighted by Crippen LogP contribution is -2.37. The fourth-order valence-electron chi connectivity index (χ4n) is 4.35. The first kappa shape index (κ1) is 20.2. The Labute approximate surface area is 152 Å². The van der Waals surface area contributed by atoms with Gasteiger partial charge in [-0.15, -0.1) is 0 Å². The number of hydrogen-bond acceptors (Lipinski definition) is 3. The van der Waals surface area contributed by atoms with Crippen LogP contribution >= 0.6 is 0 Å². The standard InChI is InChI=1S/C21H35NO3/c1-2-3-6-9-17(23)12-13-19-18(16-14-20(19)22-15-16)10-7-4-5-8-11-21(24)25/h4,7,12-13,16-20,22-23H,2-3,5-6,8-11,14-15H2,1H3,(H,24,25)/b7-4-,13-12+/t16-,17+,18+,19-,20-/m1/s1. The molecule has 25 heavy (non-hydrogen) atoms. The summed E-state index contributed by atoms with van der Waals surface area (Å²) < 4.78 is 0. The summed E-state index contributed by atoms with van der Waals surface area (Å²) in [7, 11) is 0. The number of carboxylic acid groups (broad SMARTS) is 1. The molecule has 0 unspecified atom stereocenters. The molecule has 1 aliphatic heterocycles. The van der Waals surface area contributed by atoms with Crippen molar-refractivity contribution >= 4 is 5.97 Å². The number of aliphatic hydroxyl groups excluding tert-OH is 1. The largest absolute Gasteiger partial charge is 0.481 e. The number of piperidine rings is 1. The van der Waals surface area contributed by atoms with Crippen molar-refractivity contribution < 1.29 is 15.0 Å². The van der Waals surface area contributed by atoms with Crippen molar-refractivity contribution in [3.05, 3.63) is 24.3 Å². The van der Waals surface area contributed by atoms with Crippen LogP contribution in [0, 0.1) is 17.8 Å². The average Bonchev–Trinajstić information content (AvgIpc) is 3.17. The highest BCUT2D eigenvalue weighted by molar-refractivity contribution is 5.66. The van der Waals surface area contributed by atoms with E-state index in [2.05, 4.69) is 30.5 Å². The number of fused-ring (bicyclic) bond motifs is 2. The molecule has 1 saturated carbocycles. The zero-order valence-corrected chi connectivity index (χ0v) is 15.6. The van der Waals surface area contributed by atoms with E-state index in [0.717, 1.165) is 44.6 Å². The van der Waals surface area contributed by atoms with Crippen LogP contribution in [-0.2, 0) is 4.79 Å². The number of nitrogens with one attached hydrogen (secondary N) is 1. The average molecular weight is 350 g/mol. The zero-order chi connectivity index (χ0) is 18.1. The van der Waals surface area contributed by atoms with Crippen LogP contribution in [0.2, 0.25) is 0 Å². The molecule has 142 valence electrons. The van der Waals surface area contributed by atoms with Crippen molar-refractivity contribution in [1.29, 1.82) is 0 Å². The minimum absolute atomic E-state index is 0.254. The second-order valence-corrected chi connectivity index (χ2v) is 7.69.